The predicted molar refractivity (Wildman–Crippen MR) is 138 cm³/mol. The van der Waals surface area contributed by atoms with E-state index in [2.05, 4.69) is 15.8 Å². The number of carbonyl (C=O) groups is 3. The van der Waals surface area contributed by atoms with E-state index in [1.807, 2.05) is 0 Å². The van der Waals surface area contributed by atoms with Crippen molar-refractivity contribution < 1.29 is 33.3 Å². The summed E-state index contributed by atoms with van der Waals surface area (Å²) in [6, 6.07) is 15.8. The Labute approximate surface area is 218 Å². The Kier molecular flexibility index (Phi) is 9.06. The Morgan fingerprint density at radius 2 is 1.41 bits per heavy atom. The van der Waals surface area contributed by atoms with E-state index >= 15 is 0 Å². The molecule has 192 valence electrons. The first-order chi connectivity index (χ1) is 17.7. The summed E-state index contributed by atoms with van der Waals surface area (Å²) in [7, 11) is 4.33. The first-order valence-corrected chi connectivity index (χ1v) is 11.2. The number of carbonyl (C=O) groups excluding carboxylic acids is 3. The minimum Gasteiger partial charge on any atom is -0.497 e. The first-order valence-electron chi connectivity index (χ1n) is 10.8. The molecule has 3 rings (SSSR count). The van der Waals surface area contributed by atoms with Gasteiger partial charge in [-0.25, -0.2) is 10.2 Å². The molecule has 0 aliphatic rings. The van der Waals surface area contributed by atoms with Gasteiger partial charge in [0.15, 0.2) is 11.5 Å². The minimum atomic E-state index is -0.996. The molecule has 0 heterocycles. The smallest absolute Gasteiger partial charge is 0.343 e. The number of ether oxygens (including phenoxy) is 4. The van der Waals surface area contributed by atoms with E-state index in [9.17, 15) is 14.4 Å². The number of hydrogen-bond acceptors (Lipinski definition) is 8. The number of hydrazone groups is 1. The van der Waals surface area contributed by atoms with Crippen LogP contribution in [0.2, 0.25) is 5.02 Å². The van der Waals surface area contributed by atoms with Crippen molar-refractivity contribution in [1.29, 1.82) is 0 Å². The van der Waals surface area contributed by atoms with Gasteiger partial charge < -0.3 is 24.3 Å². The second kappa shape index (κ2) is 12.4. The molecule has 0 radical (unpaired) electrons. The highest BCUT2D eigenvalue weighted by Crippen LogP contribution is 2.30. The summed E-state index contributed by atoms with van der Waals surface area (Å²) < 4.78 is 21.1. The van der Waals surface area contributed by atoms with Gasteiger partial charge >= 0.3 is 17.8 Å². The molecule has 0 atom stereocenters. The number of anilines is 1. The average molecular weight is 526 g/mol. The molecule has 0 saturated heterocycles. The molecule has 3 aromatic carbocycles. The summed E-state index contributed by atoms with van der Waals surface area (Å²) in [4.78, 5) is 37.1. The highest BCUT2D eigenvalue weighted by atomic mass is 35.5. The molecular weight excluding hydrogens is 502 g/mol. The maximum absolute atomic E-state index is 12.4. The van der Waals surface area contributed by atoms with Gasteiger partial charge in [-0.2, -0.15) is 5.10 Å². The van der Waals surface area contributed by atoms with E-state index in [0.717, 1.165) is 0 Å². The number of methoxy groups -OCH3 is 3. The number of nitrogens with zero attached hydrogens (tertiary/aromatic N) is 1. The Morgan fingerprint density at radius 1 is 0.757 bits per heavy atom. The van der Waals surface area contributed by atoms with Gasteiger partial charge in [0.2, 0.25) is 0 Å². The fraction of sp³-hybridized carbons (Fsp3) is 0.154. The second-order valence-electron chi connectivity index (χ2n) is 7.42. The molecular formula is C26H24ClN3O7. The normalized spacial score (nSPS) is 10.8. The number of amides is 2. The van der Waals surface area contributed by atoms with Gasteiger partial charge in [-0.05, 0) is 61.5 Å². The topological polar surface area (TPSA) is 125 Å². The fourth-order valence-electron chi connectivity index (χ4n) is 3.06. The Bertz CT molecular complexity index is 1340. The Balaban J connectivity index is 1.68. The van der Waals surface area contributed by atoms with Gasteiger partial charge in [0, 0.05) is 16.7 Å². The van der Waals surface area contributed by atoms with Gasteiger partial charge in [0.25, 0.3) is 0 Å². The molecule has 3 aromatic rings. The average Bonchev–Trinajstić information content (AvgIpc) is 2.91. The number of esters is 1. The van der Waals surface area contributed by atoms with E-state index in [1.165, 1.54) is 33.5 Å². The van der Waals surface area contributed by atoms with Crippen molar-refractivity contribution in [2.75, 3.05) is 26.6 Å². The summed E-state index contributed by atoms with van der Waals surface area (Å²) in [5, 5.41) is 6.94. The number of rotatable bonds is 8. The van der Waals surface area contributed by atoms with Crippen LogP contribution in [0.15, 0.2) is 65.8 Å². The quantitative estimate of drug-likeness (QED) is 0.149. The maximum Gasteiger partial charge on any atom is 0.343 e. The van der Waals surface area contributed by atoms with Crippen LogP contribution < -0.4 is 29.7 Å². The van der Waals surface area contributed by atoms with Crippen LogP contribution >= 0.6 is 11.6 Å². The Hall–Kier alpha value is -4.57. The summed E-state index contributed by atoms with van der Waals surface area (Å²) in [6.07, 6.45) is 0. The fourth-order valence-corrected chi connectivity index (χ4v) is 3.19. The lowest BCUT2D eigenvalue weighted by Gasteiger charge is -2.12. The summed E-state index contributed by atoms with van der Waals surface area (Å²) in [5.74, 6) is -1.25. The van der Waals surface area contributed by atoms with E-state index < -0.39 is 17.8 Å². The zero-order chi connectivity index (χ0) is 26.9. The SMILES string of the molecule is COc1ccc(OC)c(NC(=O)C(=O)NN=C(C)c2ccc(OC(=O)c3ccc(Cl)cc3)c(OC)c2)c1. The van der Waals surface area contributed by atoms with Crippen molar-refractivity contribution in [1.82, 2.24) is 5.43 Å². The molecule has 10 nitrogen and oxygen atoms in total. The van der Waals surface area contributed by atoms with Crippen molar-refractivity contribution in [2.24, 2.45) is 5.10 Å². The Morgan fingerprint density at radius 3 is 2.05 bits per heavy atom. The van der Waals surface area contributed by atoms with Gasteiger partial charge in [-0.1, -0.05) is 11.6 Å². The summed E-state index contributed by atoms with van der Waals surface area (Å²) in [5.41, 5.74) is 3.71. The molecule has 0 aliphatic carbocycles. The van der Waals surface area contributed by atoms with Crippen molar-refractivity contribution in [2.45, 2.75) is 6.92 Å². The molecule has 0 saturated carbocycles. The molecule has 0 fully saturated rings. The largest absolute Gasteiger partial charge is 0.497 e. The number of halogens is 1. The van der Waals surface area contributed by atoms with Gasteiger partial charge in [0.1, 0.15) is 11.5 Å². The lowest BCUT2D eigenvalue weighted by atomic mass is 10.1. The molecule has 2 amide bonds. The highest BCUT2D eigenvalue weighted by molar-refractivity contribution is 6.39. The molecule has 0 aromatic heterocycles. The van der Waals surface area contributed by atoms with Crippen molar-refractivity contribution in [3.05, 3.63) is 76.8 Å². The number of nitrogens with one attached hydrogen (secondary N) is 2. The van der Waals surface area contributed by atoms with Crippen LogP contribution in [-0.2, 0) is 9.59 Å². The summed E-state index contributed by atoms with van der Waals surface area (Å²) in [6.45, 7) is 1.62. The van der Waals surface area contributed by atoms with Crippen molar-refractivity contribution in [3.63, 3.8) is 0 Å². The van der Waals surface area contributed by atoms with Gasteiger partial charge in [-0.15, -0.1) is 0 Å². The van der Waals surface area contributed by atoms with E-state index in [1.54, 1.807) is 55.5 Å². The molecule has 0 unspecified atom stereocenters. The third-order valence-corrected chi connectivity index (χ3v) is 5.30. The zero-order valence-corrected chi connectivity index (χ0v) is 21.2. The molecule has 0 bridgehead atoms. The highest BCUT2D eigenvalue weighted by Gasteiger charge is 2.17. The number of benzene rings is 3. The lowest BCUT2D eigenvalue weighted by molar-refractivity contribution is -0.136. The van der Waals surface area contributed by atoms with Crippen LogP contribution in [0.1, 0.15) is 22.8 Å². The van der Waals surface area contributed by atoms with Gasteiger partial charge in [0.05, 0.1) is 38.3 Å². The minimum absolute atomic E-state index is 0.189. The van der Waals surface area contributed by atoms with Crippen LogP contribution in [0.4, 0.5) is 5.69 Å². The van der Waals surface area contributed by atoms with Crippen molar-refractivity contribution in [3.8, 4) is 23.0 Å². The third-order valence-electron chi connectivity index (χ3n) is 5.05. The molecule has 37 heavy (non-hydrogen) atoms. The van der Waals surface area contributed by atoms with Crippen molar-refractivity contribution >= 4 is 40.8 Å². The van der Waals surface area contributed by atoms with Crippen LogP contribution in [0.5, 0.6) is 23.0 Å². The first kappa shape index (κ1) is 27.0. The molecule has 2 N–H and O–H groups in total. The summed E-state index contributed by atoms with van der Waals surface area (Å²) >= 11 is 5.85. The van der Waals surface area contributed by atoms with Crippen LogP contribution in [0.3, 0.4) is 0 Å². The molecule has 0 aliphatic heterocycles. The van der Waals surface area contributed by atoms with Crippen LogP contribution in [-0.4, -0.2) is 44.8 Å². The van der Waals surface area contributed by atoms with E-state index in [4.69, 9.17) is 30.5 Å². The predicted octanol–water partition coefficient (Wildman–Crippen LogP) is 4.06. The van der Waals surface area contributed by atoms with Crippen LogP contribution in [0, 0.1) is 0 Å². The molecule has 0 spiro atoms. The van der Waals surface area contributed by atoms with E-state index in [0.29, 0.717) is 33.4 Å². The molecule has 11 heteroatoms. The van der Waals surface area contributed by atoms with Gasteiger partial charge in [-0.3, -0.25) is 9.59 Å². The number of hydrogen-bond donors (Lipinski definition) is 2. The zero-order valence-electron chi connectivity index (χ0n) is 20.5. The lowest BCUT2D eigenvalue weighted by Crippen LogP contribution is -2.33. The van der Waals surface area contributed by atoms with Crippen LogP contribution in [0.25, 0.3) is 0 Å². The standard InChI is InChI=1S/C26H24ClN3O7/c1-15(29-30-25(32)24(31)28-20-14-19(34-2)10-12-21(20)35-3)17-7-11-22(23(13-17)36-4)37-26(33)16-5-8-18(27)9-6-16/h5-14H,1-4H3,(H,28,31)(H,30,32). The monoisotopic (exact) mass is 525 g/mol. The van der Waals surface area contributed by atoms with E-state index in [-0.39, 0.29) is 17.2 Å². The second-order valence-corrected chi connectivity index (χ2v) is 7.86. The maximum atomic E-state index is 12.4. The third kappa shape index (κ3) is 6.98.